The van der Waals surface area contributed by atoms with Crippen molar-refractivity contribution in [2.75, 3.05) is 0 Å². The lowest BCUT2D eigenvalue weighted by Gasteiger charge is -2.06. The number of hydrogen-bond acceptors (Lipinski definition) is 4. The fourth-order valence-electron chi connectivity index (χ4n) is 2.91. The average molecular weight is 395 g/mol. The molecule has 0 bridgehead atoms. The SMILES string of the molecule is Cc1ccc(C(=O)Cn2cnc3scc(-c4ccc(Cl)cc4)c3c2=O)cc1. The zero-order chi connectivity index (χ0) is 19.0. The smallest absolute Gasteiger partial charge is 0.263 e. The maximum Gasteiger partial charge on any atom is 0.263 e. The fraction of sp³-hybridized carbons (Fsp3) is 0.0952. The summed E-state index contributed by atoms with van der Waals surface area (Å²) in [5, 5.41) is 3.08. The van der Waals surface area contributed by atoms with Crippen molar-refractivity contribution in [1.29, 1.82) is 0 Å². The number of rotatable bonds is 4. The van der Waals surface area contributed by atoms with E-state index in [4.69, 9.17) is 11.6 Å². The van der Waals surface area contributed by atoms with Gasteiger partial charge >= 0.3 is 0 Å². The van der Waals surface area contributed by atoms with Crippen LogP contribution in [0.25, 0.3) is 21.3 Å². The van der Waals surface area contributed by atoms with Crippen LogP contribution in [-0.2, 0) is 6.54 Å². The number of thiophene rings is 1. The van der Waals surface area contributed by atoms with Crippen molar-refractivity contribution < 1.29 is 4.79 Å². The summed E-state index contributed by atoms with van der Waals surface area (Å²) in [5.41, 5.74) is 3.15. The standard InChI is InChI=1S/C21H15ClN2O2S/c1-13-2-4-15(5-3-13)18(25)10-24-12-23-20-19(21(24)26)17(11-27-20)14-6-8-16(22)9-7-14/h2-9,11-12H,10H2,1H3. The molecule has 0 saturated carbocycles. The molecule has 2 aromatic carbocycles. The topological polar surface area (TPSA) is 52.0 Å². The number of fused-ring (bicyclic) bond motifs is 1. The molecule has 0 unspecified atom stereocenters. The largest absolute Gasteiger partial charge is 0.292 e. The van der Waals surface area contributed by atoms with Gasteiger partial charge in [-0.05, 0) is 24.6 Å². The number of aromatic nitrogens is 2. The van der Waals surface area contributed by atoms with Gasteiger partial charge in [0.1, 0.15) is 4.83 Å². The van der Waals surface area contributed by atoms with Gasteiger partial charge in [0.05, 0.1) is 18.3 Å². The first-order valence-corrected chi connectivity index (χ1v) is 9.61. The quantitative estimate of drug-likeness (QED) is 0.459. The zero-order valence-electron chi connectivity index (χ0n) is 14.5. The molecule has 134 valence electrons. The van der Waals surface area contributed by atoms with E-state index in [1.807, 2.05) is 36.6 Å². The molecule has 0 aliphatic heterocycles. The van der Waals surface area contributed by atoms with Crippen LogP contribution in [0.3, 0.4) is 0 Å². The lowest BCUT2D eigenvalue weighted by molar-refractivity contribution is 0.0970. The van der Waals surface area contributed by atoms with Crippen LogP contribution in [-0.4, -0.2) is 15.3 Å². The molecule has 0 saturated heterocycles. The maximum absolute atomic E-state index is 13.0. The van der Waals surface area contributed by atoms with Crippen molar-refractivity contribution in [2.45, 2.75) is 13.5 Å². The van der Waals surface area contributed by atoms with Crippen molar-refractivity contribution in [3.63, 3.8) is 0 Å². The van der Waals surface area contributed by atoms with Gasteiger partial charge in [-0.15, -0.1) is 11.3 Å². The van der Waals surface area contributed by atoms with E-state index in [-0.39, 0.29) is 17.9 Å². The summed E-state index contributed by atoms with van der Waals surface area (Å²) in [6.45, 7) is 1.92. The molecular formula is C21H15ClN2O2S. The molecule has 2 heterocycles. The summed E-state index contributed by atoms with van der Waals surface area (Å²) in [5.74, 6) is -0.124. The Morgan fingerprint density at radius 1 is 1.11 bits per heavy atom. The molecule has 6 heteroatoms. The van der Waals surface area contributed by atoms with Crippen LogP contribution in [0.4, 0.5) is 0 Å². The predicted molar refractivity (Wildman–Crippen MR) is 110 cm³/mol. The number of carbonyl (C=O) groups excluding carboxylic acids is 1. The number of ketones is 1. The molecule has 27 heavy (non-hydrogen) atoms. The average Bonchev–Trinajstić information content (AvgIpc) is 3.10. The molecule has 0 N–H and O–H groups in total. The zero-order valence-corrected chi connectivity index (χ0v) is 16.1. The van der Waals surface area contributed by atoms with E-state index in [1.54, 1.807) is 24.3 Å². The fourth-order valence-corrected chi connectivity index (χ4v) is 3.94. The molecule has 0 aliphatic rings. The highest BCUT2D eigenvalue weighted by atomic mass is 35.5. The predicted octanol–water partition coefficient (Wildman–Crippen LogP) is 4.97. The van der Waals surface area contributed by atoms with E-state index in [1.165, 1.54) is 22.2 Å². The molecule has 4 aromatic rings. The number of benzene rings is 2. The number of Topliss-reactive ketones (excluding diaryl/α,β-unsaturated/α-hetero) is 1. The van der Waals surface area contributed by atoms with Crippen LogP contribution >= 0.6 is 22.9 Å². The van der Waals surface area contributed by atoms with Gasteiger partial charge in [0.15, 0.2) is 5.78 Å². The normalized spacial score (nSPS) is 11.0. The Kier molecular flexibility index (Phi) is 4.64. The van der Waals surface area contributed by atoms with Gasteiger partial charge in [0.2, 0.25) is 0 Å². The van der Waals surface area contributed by atoms with Crippen LogP contribution < -0.4 is 5.56 Å². The second kappa shape index (κ2) is 7.10. The Morgan fingerprint density at radius 3 is 2.52 bits per heavy atom. The monoisotopic (exact) mass is 394 g/mol. The van der Waals surface area contributed by atoms with Crippen molar-refractivity contribution in [2.24, 2.45) is 0 Å². The summed E-state index contributed by atoms with van der Waals surface area (Å²) in [6.07, 6.45) is 1.44. The Labute approximate surface area is 164 Å². The number of carbonyl (C=O) groups is 1. The third-order valence-corrected chi connectivity index (χ3v) is 5.54. The summed E-state index contributed by atoms with van der Waals surface area (Å²) < 4.78 is 1.37. The summed E-state index contributed by atoms with van der Waals surface area (Å²) in [4.78, 5) is 30.6. The lowest BCUT2D eigenvalue weighted by atomic mass is 10.1. The number of halogens is 1. The Hall–Kier alpha value is -2.76. The van der Waals surface area contributed by atoms with Crippen LogP contribution in [0.15, 0.2) is 65.0 Å². The minimum atomic E-state index is -0.216. The molecule has 0 radical (unpaired) electrons. The minimum Gasteiger partial charge on any atom is -0.292 e. The number of nitrogens with zero attached hydrogens (tertiary/aromatic N) is 2. The van der Waals surface area contributed by atoms with Crippen LogP contribution in [0.1, 0.15) is 15.9 Å². The van der Waals surface area contributed by atoms with Gasteiger partial charge in [-0.25, -0.2) is 4.98 Å². The molecule has 2 aromatic heterocycles. The van der Waals surface area contributed by atoms with E-state index in [2.05, 4.69) is 4.98 Å². The molecule has 0 amide bonds. The number of aryl methyl sites for hydroxylation is 1. The molecular weight excluding hydrogens is 380 g/mol. The van der Waals surface area contributed by atoms with E-state index in [0.717, 1.165) is 16.7 Å². The Balaban J connectivity index is 1.74. The van der Waals surface area contributed by atoms with Crippen molar-refractivity contribution in [3.05, 3.63) is 86.7 Å². The maximum atomic E-state index is 13.0. The third kappa shape index (κ3) is 3.44. The first-order chi connectivity index (χ1) is 13.0. The molecule has 0 atom stereocenters. The summed E-state index contributed by atoms with van der Waals surface area (Å²) in [6, 6.07) is 14.6. The summed E-state index contributed by atoms with van der Waals surface area (Å²) >= 11 is 7.37. The van der Waals surface area contributed by atoms with Gasteiger partial charge < -0.3 is 0 Å². The van der Waals surface area contributed by atoms with Gasteiger partial charge in [-0.3, -0.25) is 14.2 Å². The molecule has 4 rings (SSSR count). The second-order valence-corrected chi connectivity index (χ2v) is 7.60. The molecule has 4 nitrogen and oxygen atoms in total. The van der Waals surface area contributed by atoms with Gasteiger partial charge in [-0.1, -0.05) is 53.6 Å². The first kappa shape index (κ1) is 17.6. The van der Waals surface area contributed by atoms with Crippen LogP contribution in [0.5, 0.6) is 0 Å². The summed E-state index contributed by atoms with van der Waals surface area (Å²) in [7, 11) is 0. The molecule has 0 aliphatic carbocycles. The van der Waals surface area contributed by atoms with E-state index in [9.17, 15) is 9.59 Å². The Bertz CT molecular complexity index is 1190. The van der Waals surface area contributed by atoms with Crippen LogP contribution in [0, 0.1) is 6.92 Å². The minimum absolute atomic E-state index is 0.0409. The first-order valence-electron chi connectivity index (χ1n) is 8.35. The lowest BCUT2D eigenvalue weighted by Crippen LogP contribution is -2.24. The van der Waals surface area contributed by atoms with Crippen LogP contribution in [0.2, 0.25) is 5.02 Å². The van der Waals surface area contributed by atoms with E-state index < -0.39 is 0 Å². The van der Waals surface area contributed by atoms with E-state index >= 15 is 0 Å². The van der Waals surface area contributed by atoms with E-state index in [0.29, 0.717) is 20.8 Å². The van der Waals surface area contributed by atoms with Gasteiger partial charge in [-0.2, -0.15) is 0 Å². The third-order valence-electron chi connectivity index (χ3n) is 4.40. The molecule has 0 fully saturated rings. The Morgan fingerprint density at radius 2 is 1.81 bits per heavy atom. The van der Waals surface area contributed by atoms with Crippen molar-refractivity contribution in [3.8, 4) is 11.1 Å². The van der Waals surface area contributed by atoms with Gasteiger partial charge in [0.25, 0.3) is 5.56 Å². The highest BCUT2D eigenvalue weighted by Crippen LogP contribution is 2.31. The highest BCUT2D eigenvalue weighted by molar-refractivity contribution is 7.17. The molecule has 0 spiro atoms. The van der Waals surface area contributed by atoms with Crippen molar-refractivity contribution >= 4 is 38.9 Å². The van der Waals surface area contributed by atoms with Crippen molar-refractivity contribution in [1.82, 2.24) is 9.55 Å². The van der Waals surface area contributed by atoms with Gasteiger partial charge in [0, 0.05) is 21.5 Å². The second-order valence-electron chi connectivity index (χ2n) is 6.30. The highest BCUT2D eigenvalue weighted by Gasteiger charge is 2.15. The number of hydrogen-bond donors (Lipinski definition) is 0.